The lowest BCUT2D eigenvalue weighted by Gasteiger charge is -2.00. The quantitative estimate of drug-likeness (QED) is 0.706. The Labute approximate surface area is 68.0 Å². The second kappa shape index (κ2) is 3.14. The number of hydrogen-bond acceptors (Lipinski definition) is 3. The van der Waals surface area contributed by atoms with Crippen molar-refractivity contribution in [2.45, 2.75) is 10.7 Å². The molecule has 0 amide bonds. The number of pyridine rings is 1. The van der Waals surface area contributed by atoms with Crippen molar-refractivity contribution >= 4 is 9.84 Å². The molecule has 0 N–H and O–H groups in total. The molecule has 1 rings (SSSR count). The van der Waals surface area contributed by atoms with Crippen LogP contribution in [0.15, 0.2) is 29.4 Å². The summed E-state index contributed by atoms with van der Waals surface area (Å²) in [6.07, 6.45) is 2.20. The molecule has 0 atom stereocenters. The van der Waals surface area contributed by atoms with Crippen molar-refractivity contribution in [3.8, 4) is 0 Å². The minimum Gasteiger partial charge on any atom is -0.263 e. The van der Waals surface area contributed by atoms with E-state index in [1.54, 1.807) is 0 Å². The summed E-state index contributed by atoms with van der Waals surface area (Å²) in [6.45, 7) is 0. The van der Waals surface area contributed by atoms with Gasteiger partial charge in [-0.25, -0.2) is 8.42 Å². The number of aromatic nitrogens is 1. The lowest BCUT2D eigenvalue weighted by Crippen LogP contribution is -2.11. The number of alkyl halides is 2. The van der Waals surface area contributed by atoms with Crippen molar-refractivity contribution in [3.63, 3.8) is 0 Å². The second-order valence-electron chi connectivity index (χ2n) is 1.99. The molecule has 0 fully saturated rings. The van der Waals surface area contributed by atoms with E-state index in [0.29, 0.717) is 0 Å². The van der Waals surface area contributed by atoms with Crippen LogP contribution in [0.1, 0.15) is 0 Å². The minimum absolute atomic E-state index is 0.458. The van der Waals surface area contributed by atoms with Crippen LogP contribution in [-0.4, -0.2) is 19.2 Å². The Hall–Kier alpha value is -1.04. The standard InChI is InChI=1S/C6H5F2NO2S/c7-6(8)12(10,11)5-2-1-3-9-4-5/h1-4,6H. The molecule has 1 aromatic heterocycles. The molecule has 1 heterocycles. The molecule has 1 aromatic rings. The van der Waals surface area contributed by atoms with Gasteiger partial charge in [0.25, 0.3) is 0 Å². The van der Waals surface area contributed by atoms with E-state index in [1.807, 2.05) is 0 Å². The van der Waals surface area contributed by atoms with Crippen molar-refractivity contribution in [1.82, 2.24) is 4.98 Å². The maximum absolute atomic E-state index is 11.9. The van der Waals surface area contributed by atoms with Gasteiger partial charge in [0.05, 0.1) is 4.90 Å². The Morgan fingerprint density at radius 2 is 2.08 bits per heavy atom. The maximum atomic E-state index is 11.9. The number of nitrogens with zero attached hydrogens (tertiary/aromatic N) is 1. The summed E-state index contributed by atoms with van der Waals surface area (Å²) in [5.74, 6) is -3.39. The lowest BCUT2D eigenvalue weighted by atomic mass is 10.5. The zero-order chi connectivity index (χ0) is 9.19. The van der Waals surface area contributed by atoms with Crippen molar-refractivity contribution in [1.29, 1.82) is 0 Å². The molecule has 0 aromatic carbocycles. The molecule has 6 heteroatoms. The molecule has 0 saturated carbocycles. The van der Waals surface area contributed by atoms with Gasteiger partial charge in [0.2, 0.25) is 9.84 Å². The molecule has 0 aliphatic rings. The fourth-order valence-electron chi connectivity index (χ4n) is 0.618. The van der Waals surface area contributed by atoms with E-state index in [0.717, 1.165) is 12.3 Å². The first-order valence-electron chi connectivity index (χ1n) is 2.97. The first kappa shape index (κ1) is 9.05. The third kappa shape index (κ3) is 1.58. The number of halogens is 2. The summed E-state index contributed by atoms with van der Waals surface area (Å²) in [5.41, 5.74) is 0. The van der Waals surface area contributed by atoms with Crippen molar-refractivity contribution < 1.29 is 17.2 Å². The van der Waals surface area contributed by atoms with E-state index in [2.05, 4.69) is 4.98 Å². The van der Waals surface area contributed by atoms with E-state index in [-0.39, 0.29) is 0 Å². The smallest absolute Gasteiger partial charge is 0.263 e. The zero-order valence-corrected chi connectivity index (χ0v) is 6.63. The number of hydrogen-bond donors (Lipinski definition) is 0. The monoisotopic (exact) mass is 193 g/mol. The van der Waals surface area contributed by atoms with Gasteiger partial charge in [-0.3, -0.25) is 4.98 Å². The first-order chi connectivity index (χ1) is 5.55. The topological polar surface area (TPSA) is 47.0 Å². The van der Waals surface area contributed by atoms with E-state index >= 15 is 0 Å². The molecule has 0 bridgehead atoms. The van der Waals surface area contributed by atoms with E-state index in [9.17, 15) is 17.2 Å². The van der Waals surface area contributed by atoms with Gasteiger partial charge in [-0.2, -0.15) is 8.78 Å². The molecular weight excluding hydrogens is 188 g/mol. The van der Waals surface area contributed by atoms with Crippen LogP contribution in [0.3, 0.4) is 0 Å². The number of sulfone groups is 1. The summed E-state index contributed by atoms with van der Waals surface area (Å²) in [5, 5.41) is 0. The Morgan fingerprint density at radius 1 is 1.42 bits per heavy atom. The highest BCUT2D eigenvalue weighted by Gasteiger charge is 2.26. The summed E-state index contributed by atoms with van der Waals surface area (Å²) in [4.78, 5) is 2.96. The molecule has 0 radical (unpaired) electrons. The van der Waals surface area contributed by atoms with Crippen molar-refractivity contribution in [3.05, 3.63) is 24.5 Å². The molecule has 0 spiro atoms. The van der Waals surface area contributed by atoms with Crippen molar-refractivity contribution in [2.75, 3.05) is 0 Å². The lowest BCUT2D eigenvalue weighted by molar-refractivity contribution is 0.234. The third-order valence-corrected chi connectivity index (χ3v) is 2.57. The van der Waals surface area contributed by atoms with E-state index < -0.39 is 20.5 Å². The highest BCUT2D eigenvalue weighted by Crippen LogP contribution is 2.15. The summed E-state index contributed by atoms with van der Waals surface area (Å²) < 4.78 is 45.2. The Kier molecular flexibility index (Phi) is 2.37. The van der Waals surface area contributed by atoms with Crippen LogP contribution in [0, 0.1) is 0 Å². The van der Waals surface area contributed by atoms with Gasteiger partial charge in [-0.1, -0.05) is 0 Å². The van der Waals surface area contributed by atoms with Crippen LogP contribution in [0.4, 0.5) is 8.78 Å². The zero-order valence-electron chi connectivity index (χ0n) is 5.81. The largest absolute Gasteiger partial charge is 0.341 e. The SMILES string of the molecule is O=S(=O)(c1cccnc1)C(F)F. The van der Waals surface area contributed by atoms with Crippen LogP contribution < -0.4 is 0 Å². The molecule has 0 aliphatic carbocycles. The third-order valence-electron chi connectivity index (χ3n) is 1.20. The van der Waals surface area contributed by atoms with Gasteiger partial charge in [0, 0.05) is 12.4 Å². The van der Waals surface area contributed by atoms with Crippen LogP contribution in [-0.2, 0) is 9.84 Å². The molecule has 0 aliphatic heterocycles. The predicted octanol–water partition coefficient (Wildman–Crippen LogP) is 1.08. The minimum atomic E-state index is -4.47. The predicted molar refractivity (Wildman–Crippen MR) is 37.4 cm³/mol. The van der Waals surface area contributed by atoms with Gasteiger partial charge in [-0.15, -0.1) is 0 Å². The maximum Gasteiger partial charge on any atom is 0.341 e. The summed E-state index contributed by atoms with van der Waals surface area (Å²) in [6, 6.07) is 2.36. The van der Waals surface area contributed by atoms with Gasteiger partial charge < -0.3 is 0 Å². The van der Waals surface area contributed by atoms with Crippen LogP contribution in [0.25, 0.3) is 0 Å². The second-order valence-corrected chi connectivity index (χ2v) is 3.91. The van der Waals surface area contributed by atoms with Crippen LogP contribution in [0.5, 0.6) is 0 Å². The molecular formula is C6H5F2NO2S. The Balaban J connectivity index is 3.17. The highest BCUT2D eigenvalue weighted by atomic mass is 32.2. The fraction of sp³-hybridized carbons (Fsp3) is 0.167. The van der Waals surface area contributed by atoms with E-state index in [1.165, 1.54) is 12.3 Å². The fourth-order valence-corrected chi connectivity index (χ4v) is 1.30. The summed E-state index contributed by atoms with van der Waals surface area (Å²) in [7, 11) is -4.47. The van der Waals surface area contributed by atoms with Gasteiger partial charge in [-0.05, 0) is 12.1 Å². The molecule has 66 valence electrons. The van der Waals surface area contributed by atoms with Crippen LogP contribution in [0.2, 0.25) is 0 Å². The molecule has 12 heavy (non-hydrogen) atoms. The number of rotatable bonds is 2. The molecule has 0 unspecified atom stereocenters. The Bertz CT molecular complexity index is 349. The average molecular weight is 193 g/mol. The van der Waals surface area contributed by atoms with E-state index in [4.69, 9.17) is 0 Å². The summed E-state index contributed by atoms with van der Waals surface area (Å²) >= 11 is 0. The van der Waals surface area contributed by atoms with Gasteiger partial charge in [0.1, 0.15) is 0 Å². The van der Waals surface area contributed by atoms with Crippen LogP contribution >= 0.6 is 0 Å². The van der Waals surface area contributed by atoms with Gasteiger partial charge in [0.15, 0.2) is 0 Å². The normalized spacial score (nSPS) is 11.9. The molecule has 3 nitrogen and oxygen atoms in total. The van der Waals surface area contributed by atoms with Crippen molar-refractivity contribution in [2.24, 2.45) is 0 Å². The molecule has 0 saturated heterocycles. The average Bonchev–Trinajstić information content (AvgIpc) is 2.06. The Morgan fingerprint density at radius 3 is 2.50 bits per heavy atom. The van der Waals surface area contributed by atoms with Gasteiger partial charge >= 0.3 is 5.76 Å². The highest BCUT2D eigenvalue weighted by molar-refractivity contribution is 7.91. The first-order valence-corrected chi connectivity index (χ1v) is 4.52.